The van der Waals surface area contributed by atoms with Crippen LogP contribution in [0.4, 0.5) is 0 Å². The third-order valence-electron chi connectivity index (χ3n) is 2.31. The van der Waals surface area contributed by atoms with E-state index in [1.807, 2.05) is 25.1 Å². The molecule has 17 heavy (non-hydrogen) atoms. The van der Waals surface area contributed by atoms with Crippen LogP contribution in [-0.4, -0.2) is 5.78 Å². The van der Waals surface area contributed by atoms with E-state index in [0.29, 0.717) is 9.21 Å². The van der Waals surface area contributed by atoms with Crippen molar-refractivity contribution in [2.45, 2.75) is 6.92 Å². The molecule has 0 aliphatic carbocycles. The standard InChI is InChI=1S/C12H7BrClIOS/c1-6-3-2-4-7(10(6)15)11(16)9-5-8(13)12(14)17-9/h2-5H,1H3. The summed E-state index contributed by atoms with van der Waals surface area (Å²) in [6.07, 6.45) is 0. The fourth-order valence-electron chi connectivity index (χ4n) is 1.41. The van der Waals surface area contributed by atoms with Crippen LogP contribution in [-0.2, 0) is 0 Å². The van der Waals surface area contributed by atoms with Crippen molar-refractivity contribution in [2.75, 3.05) is 0 Å². The Morgan fingerprint density at radius 2 is 2.18 bits per heavy atom. The number of thiophene rings is 1. The SMILES string of the molecule is Cc1cccc(C(=O)c2cc(Br)c(Cl)s2)c1I. The first kappa shape index (κ1) is 13.5. The van der Waals surface area contributed by atoms with Gasteiger partial charge >= 0.3 is 0 Å². The van der Waals surface area contributed by atoms with Crippen molar-refractivity contribution < 1.29 is 4.79 Å². The smallest absolute Gasteiger partial charge is 0.204 e. The van der Waals surface area contributed by atoms with Gasteiger partial charge in [-0.2, -0.15) is 0 Å². The van der Waals surface area contributed by atoms with Gasteiger partial charge in [-0.3, -0.25) is 4.79 Å². The lowest BCUT2D eigenvalue weighted by Crippen LogP contribution is -2.02. The summed E-state index contributed by atoms with van der Waals surface area (Å²) in [5.41, 5.74) is 1.84. The molecule has 2 rings (SSSR count). The molecule has 5 heteroatoms. The molecule has 1 nitrogen and oxygen atoms in total. The molecule has 0 aliphatic rings. The van der Waals surface area contributed by atoms with E-state index in [2.05, 4.69) is 38.5 Å². The number of aryl methyl sites for hydroxylation is 1. The molecule has 0 saturated carbocycles. The van der Waals surface area contributed by atoms with E-state index in [1.165, 1.54) is 11.3 Å². The van der Waals surface area contributed by atoms with Crippen LogP contribution in [0.1, 0.15) is 20.8 Å². The van der Waals surface area contributed by atoms with E-state index in [-0.39, 0.29) is 5.78 Å². The monoisotopic (exact) mass is 440 g/mol. The molecular weight excluding hydrogens is 434 g/mol. The van der Waals surface area contributed by atoms with E-state index in [9.17, 15) is 4.79 Å². The lowest BCUT2D eigenvalue weighted by molar-refractivity contribution is 0.104. The Labute approximate surface area is 130 Å². The van der Waals surface area contributed by atoms with Gasteiger partial charge in [0.15, 0.2) is 0 Å². The van der Waals surface area contributed by atoms with E-state index < -0.39 is 0 Å². The molecule has 0 fully saturated rings. The highest BCUT2D eigenvalue weighted by atomic mass is 127. The second-order valence-corrected chi connectivity index (χ2v) is 7.09. The van der Waals surface area contributed by atoms with Crippen molar-refractivity contribution in [1.82, 2.24) is 0 Å². The Hall–Kier alpha value is 0.0900. The Morgan fingerprint density at radius 1 is 1.47 bits per heavy atom. The van der Waals surface area contributed by atoms with Gasteiger partial charge < -0.3 is 0 Å². The lowest BCUT2D eigenvalue weighted by Gasteiger charge is -2.04. The van der Waals surface area contributed by atoms with Crippen molar-refractivity contribution in [3.8, 4) is 0 Å². The van der Waals surface area contributed by atoms with Gasteiger partial charge in [0.2, 0.25) is 5.78 Å². The van der Waals surface area contributed by atoms with Crippen LogP contribution in [0.5, 0.6) is 0 Å². The minimum absolute atomic E-state index is 0.0238. The molecule has 1 aromatic heterocycles. The van der Waals surface area contributed by atoms with E-state index in [4.69, 9.17) is 11.6 Å². The van der Waals surface area contributed by atoms with E-state index in [1.54, 1.807) is 6.07 Å². The number of benzene rings is 1. The normalized spacial score (nSPS) is 10.6. The number of ketones is 1. The highest BCUT2D eigenvalue weighted by molar-refractivity contribution is 14.1. The third kappa shape index (κ3) is 2.75. The molecule has 2 aromatic rings. The molecule has 1 aromatic carbocycles. The average Bonchev–Trinajstić information content (AvgIpc) is 2.62. The predicted octanol–water partition coefficient (Wildman–Crippen LogP) is 5.31. The van der Waals surface area contributed by atoms with Crippen molar-refractivity contribution >= 4 is 67.2 Å². The van der Waals surface area contributed by atoms with Crippen LogP contribution in [0.25, 0.3) is 0 Å². The quantitative estimate of drug-likeness (QED) is 0.456. The Kier molecular flexibility index (Phi) is 4.28. The second-order valence-electron chi connectivity index (χ2n) is 3.50. The molecule has 0 bridgehead atoms. The summed E-state index contributed by atoms with van der Waals surface area (Å²) < 4.78 is 2.38. The van der Waals surface area contributed by atoms with Crippen LogP contribution in [0.3, 0.4) is 0 Å². The molecule has 0 saturated heterocycles. The lowest BCUT2D eigenvalue weighted by atomic mass is 10.1. The second kappa shape index (κ2) is 5.38. The molecule has 0 aliphatic heterocycles. The highest BCUT2D eigenvalue weighted by Gasteiger charge is 2.17. The summed E-state index contributed by atoms with van der Waals surface area (Å²) in [6, 6.07) is 7.51. The van der Waals surface area contributed by atoms with Gasteiger partial charge in [-0.25, -0.2) is 0 Å². The van der Waals surface area contributed by atoms with E-state index in [0.717, 1.165) is 19.2 Å². The molecule has 0 unspecified atom stereocenters. The number of hydrogen-bond donors (Lipinski definition) is 0. The average molecular weight is 442 g/mol. The summed E-state index contributed by atoms with van der Waals surface area (Å²) >= 11 is 12.8. The summed E-state index contributed by atoms with van der Waals surface area (Å²) in [5.74, 6) is 0.0238. The van der Waals surface area contributed by atoms with Crippen LogP contribution in [0.2, 0.25) is 4.34 Å². The van der Waals surface area contributed by atoms with Crippen molar-refractivity contribution in [2.24, 2.45) is 0 Å². The van der Waals surface area contributed by atoms with Gasteiger partial charge in [-0.1, -0.05) is 23.7 Å². The molecular formula is C12H7BrClIOS. The maximum atomic E-state index is 12.3. The molecule has 0 radical (unpaired) electrons. The summed E-state index contributed by atoms with van der Waals surface area (Å²) in [5, 5.41) is 0. The Morgan fingerprint density at radius 3 is 2.76 bits per heavy atom. The first-order valence-corrected chi connectivity index (χ1v) is 7.82. The molecule has 88 valence electrons. The zero-order valence-electron chi connectivity index (χ0n) is 8.76. The molecule has 0 amide bonds. The first-order valence-electron chi connectivity index (χ1n) is 4.75. The summed E-state index contributed by atoms with van der Waals surface area (Å²) in [4.78, 5) is 13.0. The minimum Gasteiger partial charge on any atom is -0.288 e. The molecule has 0 N–H and O–H groups in total. The third-order valence-corrected chi connectivity index (χ3v) is 6.21. The van der Waals surface area contributed by atoms with Gasteiger partial charge in [-0.15, -0.1) is 11.3 Å². The maximum absolute atomic E-state index is 12.3. The molecule has 1 heterocycles. The number of carbonyl (C=O) groups is 1. The minimum atomic E-state index is 0.0238. The van der Waals surface area contributed by atoms with Crippen LogP contribution >= 0.6 is 61.5 Å². The summed E-state index contributed by atoms with van der Waals surface area (Å²) in [6.45, 7) is 2.00. The molecule has 0 atom stereocenters. The van der Waals surface area contributed by atoms with Gasteiger partial charge in [-0.05, 0) is 63.1 Å². The van der Waals surface area contributed by atoms with Crippen LogP contribution in [0, 0.1) is 10.5 Å². The van der Waals surface area contributed by atoms with Crippen molar-refractivity contribution in [3.05, 3.63) is 52.6 Å². The number of halogens is 3. The van der Waals surface area contributed by atoms with Crippen molar-refractivity contribution in [1.29, 1.82) is 0 Å². The largest absolute Gasteiger partial charge is 0.288 e. The topological polar surface area (TPSA) is 17.1 Å². The molecule has 0 spiro atoms. The summed E-state index contributed by atoms with van der Waals surface area (Å²) in [7, 11) is 0. The number of rotatable bonds is 2. The fraction of sp³-hybridized carbons (Fsp3) is 0.0833. The first-order chi connectivity index (χ1) is 8.00. The van der Waals surface area contributed by atoms with Gasteiger partial charge in [0.1, 0.15) is 4.34 Å². The Balaban J connectivity index is 2.47. The fourth-order valence-corrected chi connectivity index (χ4v) is 3.67. The Bertz CT molecular complexity index is 575. The van der Waals surface area contributed by atoms with Gasteiger partial charge in [0.25, 0.3) is 0 Å². The zero-order valence-corrected chi connectivity index (χ0v) is 14.1. The van der Waals surface area contributed by atoms with E-state index >= 15 is 0 Å². The van der Waals surface area contributed by atoms with Crippen LogP contribution in [0.15, 0.2) is 28.7 Å². The van der Waals surface area contributed by atoms with Gasteiger partial charge in [0.05, 0.1) is 4.88 Å². The highest BCUT2D eigenvalue weighted by Crippen LogP contribution is 2.33. The maximum Gasteiger partial charge on any atom is 0.204 e. The number of carbonyl (C=O) groups excluding carboxylic acids is 1. The number of hydrogen-bond acceptors (Lipinski definition) is 2. The predicted molar refractivity (Wildman–Crippen MR) is 84.4 cm³/mol. The van der Waals surface area contributed by atoms with Crippen LogP contribution < -0.4 is 0 Å². The zero-order chi connectivity index (χ0) is 12.6. The van der Waals surface area contributed by atoms with Gasteiger partial charge in [0, 0.05) is 13.6 Å². The van der Waals surface area contributed by atoms with Crippen molar-refractivity contribution in [3.63, 3.8) is 0 Å².